The Bertz CT molecular complexity index is 520. The minimum Gasteiger partial charge on any atom is -0.480 e. The zero-order valence-corrected chi connectivity index (χ0v) is 13.0. The third-order valence-electron chi connectivity index (χ3n) is 3.05. The summed E-state index contributed by atoms with van der Waals surface area (Å²) in [5.74, 6) is -0.820. The highest BCUT2D eigenvalue weighted by Crippen LogP contribution is 2.44. The molecule has 0 aliphatic rings. The molecule has 0 spiro atoms. The van der Waals surface area contributed by atoms with Gasteiger partial charge in [0.05, 0.1) is 6.16 Å². The molecule has 2 atom stereocenters. The second kappa shape index (κ2) is 8.17. The predicted molar refractivity (Wildman–Crippen MR) is 80.6 cm³/mol. The topological polar surface area (TPSA) is 110 Å². The van der Waals surface area contributed by atoms with Crippen LogP contribution in [0.2, 0.25) is 0 Å². The molecular weight excluding hydrogens is 293 g/mol. The zero-order valence-electron chi connectivity index (χ0n) is 12.1. The molecule has 118 valence electrons. The lowest BCUT2D eigenvalue weighted by Gasteiger charge is -2.17. The van der Waals surface area contributed by atoms with E-state index in [-0.39, 0.29) is 12.6 Å². The van der Waals surface area contributed by atoms with Gasteiger partial charge < -0.3 is 20.3 Å². The van der Waals surface area contributed by atoms with E-state index < -0.39 is 19.6 Å². The van der Waals surface area contributed by atoms with Gasteiger partial charge in [-0.2, -0.15) is 0 Å². The molecule has 0 heterocycles. The Kier molecular flexibility index (Phi) is 6.89. The van der Waals surface area contributed by atoms with Crippen molar-refractivity contribution >= 4 is 13.6 Å². The third kappa shape index (κ3) is 6.29. The monoisotopic (exact) mass is 315 g/mol. The summed E-state index contributed by atoms with van der Waals surface area (Å²) in [5, 5.41) is 8.67. The van der Waals surface area contributed by atoms with Crippen molar-refractivity contribution in [2.24, 2.45) is 5.73 Å². The van der Waals surface area contributed by atoms with Crippen LogP contribution in [0.15, 0.2) is 24.3 Å². The van der Waals surface area contributed by atoms with Crippen LogP contribution in [-0.4, -0.2) is 28.2 Å². The van der Waals surface area contributed by atoms with Crippen molar-refractivity contribution in [3.63, 3.8) is 0 Å². The van der Waals surface area contributed by atoms with Crippen LogP contribution in [0.5, 0.6) is 5.75 Å². The van der Waals surface area contributed by atoms with Crippen LogP contribution >= 0.6 is 7.60 Å². The van der Waals surface area contributed by atoms with Gasteiger partial charge in [0, 0.05) is 0 Å². The maximum atomic E-state index is 12.0. The Hall–Kier alpha value is -1.36. The summed E-state index contributed by atoms with van der Waals surface area (Å²) in [6.45, 7) is 2.06. The van der Waals surface area contributed by atoms with E-state index in [1.54, 1.807) is 12.1 Å². The van der Waals surface area contributed by atoms with Gasteiger partial charge in [0.25, 0.3) is 0 Å². The summed E-state index contributed by atoms with van der Waals surface area (Å²) in [6.07, 6.45) is 2.34. The number of carbonyl (C=O) groups is 1. The second-order valence-electron chi connectivity index (χ2n) is 4.90. The number of unbranched alkanes of at least 4 members (excludes halogenated alkanes) is 1. The summed E-state index contributed by atoms with van der Waals surface area (Å²) in [4.78, 5) is 20.4. The van der Waals surface area contributed by atoms with Crippen molar-refractivity contribution < 1.29 is 23.9 Å². The van der Waals surface area contributed by atoms with Gasteiger partial charge in [-0.1, -0.05) is 31.5 Å². The van der Waals surface area contributed by atoms with Crippen molar-refractivity contribution in [3.8, 4) is 5.75 Å². The summed E-state index contributed by atoms with van der Waals surface area (Å²) in [7, 11) is -3.91. The average molecular weight is 315 g/mol. The van der Waals surface area contributed by atoms with E-state index in [0.29, 0.717) is 5.75 Å². The smallest absolute Gasteiger partial charge is 0.376 e. The Morgan fingerprint density at radius 2 is 2.10 bits per heavy atom. The molecule has 0 amide bonds. The molecule has 0 saturated heterocycles. The Morgan fingerprint density at radius 1 is 1.43 bits per heavy atom. The number of para-hydroxylation sites is 1. The van der Waals surface area contributed by atoms with E-state index in [0.717, 1.165) is 24.8 Å². The number of aliphatic carboxylic acids is 1. The highest BCUT2D eigenvalue weighted by atomic mass is 31.2. The van der Waals surface area contributed by atoms with Crippen LogP contribution in [-0.2, 0) is 15.8 Å². The predicted octanol–water partition coefficient (Wildman–Crippen LogP) is 2.40. The van der Waals surface area contributed by atoms with Crippen molar-refractivity contribution in [2.75, 3.05) is 6.16 Å². The van der Waals surface area contributed by atoms with Crippen LogP contribution in [0.25, 0.3) is 0 Å². The highest BCUT2D eigenvalue weighted by molar-refractivity contribution is 7.53. The maximum absolute atomic E-state index is 12.0. The van der Waals surface area contributed by atoms with Crippen LogP contribution in [0.1, 0.15) is 31.7 Å². The summed E-state index contributed by atoms with van der Waals surface area (Å²) in [5.41, 5.74) is 6.20. The normalized spacial score (nSPS) is 15.2. The molecule has 21 heavy (non-hydrogen) atoms. The number of carboxylic acids is 1. The molecule has 7 heteroatoms. The molecule has 0 aliphatic carbocycles. The Morgan fingerprint density at radius 3 is 2.71 bits per heavy atom. The lowest BCUT2D eigenvalue weighted by Crippen LogP contribution is -2.31. The Labute approximate surface area is 124 Å². The average Bonchev–Trinajstić information content (AvgIpc) is 2.43. The van der Waals surface area contributed by atoms with Gasteiger partial charge in [0.1, 0.15) is 11.8 Å². The molecule has 0 radical (unpaired) electrons. The minimum absolute atomic E-state index is 0.111. The first-order valence-electron chi connectivity index (χ1n) is 6.93. The molecule has 4 N–H and O–H groups in total. The van der Waals surface area contributed by atoms with Crippen molar-refractivity contribution in [3.05, 3.63) is 29.8 Å². The van der Waals surface area contributed by atoms with Crippen LogP contribution < -0.4 is 10.3 Å². The zero-order chi connectivity index (χ0) is 15.9. The van der Waals surface area contributed by atoms with Gasteiger partial charge in [-0.3, -0.25) is 4.79 Å². The fourth-order valence-corrected chi connectivity index (χ4v) is 2.97. The lowest BCUT2D eigenvalue weighted by molar-refractivity contribution is -0.138. The molecule has 1 rings (SSSR count). The highest BCUT2D eigenvalue weighted by Gasteiger charge is 2.25. The van der Waals surface area contributed by atoms with Gasteiger partial charge in [-0.25, -0.2) is 4.57 Å². The number of nitrogens with two attached hydrogens (primary N) is 1. The molecule has 2 unspecified atom stereocenters. The number of hydrogen-bond donors (Lipinski definition) is 3. The first-order valence-corrected chi connectivity index (χ1v) is 8.69. The van der Waals surface area contributed by atoms with Crippen LogP contribution in [0.4, 0.5) is 0 Å². The van der Waals surface area contributed by atoms with Crippen molar-refractivity contribution in [1.82, 2.24) is 0 Å². The minimum atomic E-state index is -3.91. The van der Waals surface area contributed by atoms with Crippen LogP contribution in [0, 0.1) is 0 Å². The quantitative estimate of drug-likeness (QED) is 0.604. The fourth-order valence-electron chi connectivity index (χ4n) is 1.79. The van der Waals surface area contributed by atoms with E-state index in [2.05, 4.69) is 6.92 Å². The lowest BCUT2D eigenvalue weighted by atomic mass is 10.1. The molecule has 0 fully saturated rings. The molecule has 6 nitrogen and oxygen atoms in total. The van der Waals surface area contributed by atoms with E-state index in [1.807, 2.05) is 12.1 Å². The SMILES string of the molecule is CCCCc1ccccc1OP(=O)(O)CCC(N)C(=O)O. The molecular formula is C14H22NO5P. The van der Waals surface area contributed by atoms with Gasteiger partial charge in [0.15, 0.2) is 0 Å². The first-order chi connectivity index (χ1) is 9.85. The number of carboxylic acid groups (broad SMARTS) is 1. The van der Waals surface area contributed by atoms with Crippen molar-refractivity contribution in [2.45, 2.75) is 38.6 Å². The summed E-state index contributed by atoms with van der Waals surface area (Å²) in [6, 6.07) is 5.91. The molecule has 0 aliphatic heterocycles. The number of benzene rings is 1. The van der Waals surface area contributed by atoms with Gasteiger partial charge in [-0.05, 0) is 30.9 Å². The third-order valence-corrected chi connectivity index (χ3v) is 4.36. The van der Waals surface area contributed by atoms with Gasteiger partial charge in [0.2, 0.25) is 0 Å². The molecule has 0 bridgehead atoms. The first kappa shape index (κ1) is 17.7. The van der Waals surface area contributed by atoms with Gasteiger partial charge in [-0.15, -0.1) is 0 Å². The number of rotatable bonds is 9. The largest absolute Gasteiger partial charge is 0.480 e. The van der Waals surface area contributed by atoms with E-state index in [4.69, 9.17) is 15.4 Å². The molecule has 0 saturated carbocycles. The van der Waals surface area contributed by atoms with Crippen LogP contribution in [0.3, 0.4) is 0 Å². The summed E-state index contributed by atoms with van der Waals surface area (Å²) >= 11 is 0. The number of aryl methyl sites for hydroxylation is 1. The van der Waals surface area contributed by atoms with E-state index in [9.17, 15) is 14.3 Å². The van der Waals surface area contributed by atoms with Crippen molar-refractivity contribution in [1.29, 1.82) is 0 Å². The Balaban J connectivity index is 2.70. The fraction of sp³-hybridized carbons (Fsp3) is 0.500. The summed E-state index contributed by atoms with van der Waals surface area (Å²) < 4.78 is 17.2. The standard InChI is InChI=1S/C14H22NO5P/c1-2-3-6-11-7-4-5-8-13(11)20-21(18,19)10-9-12(15)14(16)17/h4-5,7-8,12H,2-3,6,9-10,15H2,1H3,(H,16,17)(H,18,19). The second-order valence-corrected chi connectivity index (χ2v) is 6.80. The molecule has 0 aromatic heterocycles. The van der Waals surface area contributed by atoms with E-state index in [1.165, 1.54) is 0 Å². The molecule has 1 aromatic carbocycles. The van der Waals surface area contributed by atoms with Gasteiger partial charge >= 0.3 is 13.6 Å². The number of hydrogen-bond acceptors (Lipinski definition) is 4. The maximum Gasteiger partial charge on any atom is 0.376 e. The van der Waals surface area contributed by atoms with E-state index >= 15 is 0 Å². The molecule has 1 aromatic rings.